The first kappa shape index (κ1) is 15.7. The lowest BCUT2D eigenvalue weighted by Crippen LogP contribution is -1.96. The Bertz CT molecular complexity index is 1030. The summed E-state index contributed by atoms with van der Waals surface area (Å²) in [7, 11) is 0. The van der Waals surface area contributed by atoms with E-state index in [9.17, 15) is 4.39 Å². The first-order valence-electron chi connectivity index (χ1n) is 7.80. The number of hydrogen-bond donors (Lipinski definition) is 1. The highest BCUT2D eigenvalue weighted by atomic mass is 35.5. The molecule has 0 aliphatic rings. The second-order valence-corrected chi connectivity index (χ2v) is 6.10. The fraction of sp³-hybridized carbons (Fsp3) is 0.0500. The van der Waals surface area contributed by atoms with Gasteiger partial charge in [-0.15, -0.1) is 0 Å². The van der Waals surface area contributed by atoms with E-state index in [4.69, 9.17) is 16.3 Å². The van der Waals surface area contributed by atoms with E-state index in [-0.39, 0.29) is 5.82 Å². The number of aromatic amines is 1. The van der Waals surface area contributed by atoms with Gasteiger partial charge in [0, 0.05) is 28.9 Å². The summed E-state index contributed by atoms with van der Waals surface area (Å²) < 4.78 is 19.8. The number of halogens is 2. The summed E-state index contributed by atoms with van der Waals surface area (Å²) >= 11 is 6.18. The van der Waals surface area contributed by atoms with Crippen LogP contribution in [0.5, 0.6) is 5.75 Å². The van der Waals surface area contributed by atoms with Gasteiger partial charge < -0.3 is 9.72 Å². The molecule has 124 valence electrons. The summed E-state index contributed by atoms with van der Waals surface area (Å²) in [6.45, 7) is 0.379. The summed E-state index contributed by atoms with van der Waals surface area (Å²) in [6.07, 6.45) is 1.63. The third kappa shape index (κ3) is 3.35. The molecule has 0 radical (unpaired) electrons. The highest BCUT2D eigenvalue weighted by molar-refractivity contribution is 6.35. The van der Waals surface area contributed by atoms with Crippen LogP contribution < -0.4 is 4.74 Å². The minimum Gasteiger partial charge on any atom is -0.489 e. The topological polar surface area (TPSA) is 37.9 Å². The van der Waals surface area contributed by atoms with E-state index in [0.717, 1.165) is 16.6 Å². The summed E-state index contributed by atoms with van der Waals surface area (Å²) in [6, 6.07) is 18.0. The largest absolute Gasteiger partial charge is 0.489 e. The summed E-state index contributed by atoms with van der Waals surface area (Å²) in [5.41, 5.74) is 3.10. The Hall–Kier alpha value is -2.85. The number of H-pyrrole nitrogens is 1. The molecule has 2 aromatic heterocycles. The number of benzene rings is 2. The van der Waals surface area contributed by atoms with Gasteiger partial charge in [-0.05, 0) is 29.8 Å². The normalized spacial score (nSPS) is 11.0. The Balaban J connectivity index is 1.65. The number of nitrogens with zero attached hydrogens (tertiary/aromatic N) is 1. The molecule has 0 spiro atoms. The molecule has 3 nitrogen and oxygen atoms in total. The number of aromatic nitrogens is 2. The molecule has 0 fully saturated rings. The monoisotopic (exact) mass is 352 g/mol. The van der Waals surface area contributed by atoms with Crippen LogP contribution in [-0.4, -0.2) is 9.97 Å². The number of rotatable bonds is 4. The third-order valence-corrected chi connectivity index (χ3v) is 4.24. The van der Waals surface area contributed by atoms with Crippen molar-refractivity contribution in [3.05, 3.63) is 83.3 Å². The van der Waals surface area contributed by atoms with E-state index in [1.54, 1.807) is 18.3 Å². The number of pyridine rings is 1. The fourth-order valence-electron chi connectivity index (χ4n) is 2.69. The molecule has 4 aromatic rings. The lowest BCUT2D eigenvalue weighted by molar-refractivity contribution is 0.305. The average molecular weight is 353 g/mol. The van der Waals surface area contributed by atoms with Gasteiger partial charge in [-0.1, -0.05) is 41.9 Å². The quantitative estimate of drug-likeness (QED) is 0.519. The van der Waals surface area contributed by atoms with Crippen molar-refractivity contribution >= 4 is 22.6 Å². The fourth-order valence-corrected chi connectivity index (χ4v) is 2.89. The maximum atomic E-state index is 14.0. The van der Waals surface area contributed by atoms with E-state index in [1.807, 2.05) is 36.4 Å². The van der Waals surface area contributed by atoms with Gasteiger partial charge in [0.25, 0.3) is 0 Å². The molecule has 0 aliphatic carbocycles. The molecule has 25 heavy (non-hydrogen) atoms. The third-order valence-electron chi connectivity index (χ3n) is 3.91. The molecule has 2 aromatic carbocycles. The van der Waals surface area contributed by atoms with E-state index in [1.165, 1.54) is 12.1 Å². The van der Waals surface area contributed by atoms with Gasteiger partial charge in [0.15, 0.2) is 0 Å². The second-order valence-electron chi connectivity index (χ2n) is 5.69. The standard InChI is InChI=1S/C20H14ClFN2O/c21-18-6-7-23-20-17(18)11-19(24-20)14-8-15(22)10-16(9-14)25-12-13-4-2-1-3-5-13/h1-11H,12H2,(H,23,24). The van der Waals surface area contributed by atoms with Crippen molar-refractivity contribution < 1.29 is 9.13 Å². The summed E-state index contributed by atoms with van der Waals surface area (Å²) in [5, 5.41) is 1.40. The van der Waals surface area contributed by atoms with Gasteiger partial charge in [0.05, 0.1) is 5.02 Å². The molecule has 5 heteroatoms. The molecule has 0 unspecified atom stereocenters. The van der Waals surface area contributed by atoms with Crippen molar-refractivity contribution in [2.24, 2.45) is 0 Å². The SMILES string of the molecule is Fc1cc(OCc2ccccc2)cc(-c2cc3c(Cl)ccnc3[nH]2)c1. The van der Waals surface area contributed by atoms with Crippen LogP contribution in [0, 0.1) is 5.82 Å². The lowest BCUT2D eigenvalue weighted by Gasteiger charge is -2.08. The lowest BCUT2D eigenvalue weighted by atomic mass is 10.1. The van der Waals surface area contributed by atoms with Crippen LogP contribution in [0.2, 0.25) is 5.02 Å². The molecule has 0 aliphatic heterocycles. The first-order chi connectivity index (χ1) is 12.2. The van der Waals surface area contributed by atoms with Gasteiger partial charge in [0.2, 0.25) is 0 Å². The van der Waals surface area contributed by atoms with Gasteiger partial charge in [-0.2, -0.15) is 0 Å². The predicted octanol–water partition coefficient (Wildman–Crippen LogP) is 5.60. The minimum atomic E-state index is -0.363. The number of ether oxygens (including phenoxy) is 1. The van der Waals surface area contributed by atoms with Crippen LogP contribution in [0.25, 0.3) is 22.3 Å². The molecule has 0 atom stereocenters. The highest BCUT2D eigenvalue weighted by Gasteiger charge is 2.10. The van der Waals surface area contributed by atoms with Gasteiger partial charge in [0.1, 0.15) is 23.8 Å². The Kier molecular flexibility index (Phi) is 4.12. The zero-order valence-corrected chi connectivity index (χ0v) is 13.9. The van der Waals surface area contributed by atoms with E-state index >= 15 is 0 Å². The number of hydrogen-bond acceptors (Lipinski definition) is 2. The minimum absolute atomic E-state index is 0.363. The van der Waals surface area contributed by atoms with E-state index in [0.29, 0.717) is 28.6 Å². The Labute approximate surface area is 149 Å². The molecular weight excluding hydrogens is 339 g/mol. The van der Waals surface area contributed by atoms with Gasteiger partial charge in [-0.25, -0.2) is 9.37 Å². The first-order valence-corrected chi connectivity index (χ1v) is 8.18. The predicted molar refractivity (Wildman–Crippen MR) is 97.3 cm³/mol. The highest BCUT2D eigenvalue weighted by Crippen LogP contribution is 2.30. The van der Waals surface area contributed by atoms with Gasteiger partial charge >= 0.3 is 0 Å². The zero-order chi connectivity index (χ0) is 17.2. The molecule has 2 heterocycles. The van der Waals surface area contributed by atoms with E-state index in [2.05, 4.69) is 9.97 Å². The Morgan fingerprint density at radius 1 is 1.04 bits per heavy atom. The molecule has 4 rings (SSSR count). The molecule has 0 saturated heterocycles. The van der Waals surface area contributed by atoms with Crippen LogP contribution in [-0.2, 0) is 6.61 Å². The zero-order valence-electron chi connectivity index (χ0n) is 13.2. The van der Waals surface area contributed by atoms with Crippen LogP contribution in [0.15, 0.2) is 66.9 Å². The van der Waals surface area contributed by atoms with Crippen LogP contribution in [0.4, 0.5) is 4.39 Å². The smallest absolute Gasteiger partial charge is 0.139 e. The van der Waals surface area contributed by atoms with Crippen molar-refractivity contribution in [3.63, 3.8) is 0 Å². The molecule has 1 N–H and O–H groups in total. The van der Waals surface area contributed by atoms with Crippen LogP contribution >= 0.6 is 11.6 Å². The molecule has 0 bridgehead atoms. The van der Waals surface area contributed by atoms with Gasteiger partial charge in [-0.3, -0.25) is 0 Å². The van der Waals surface area contributed by atoms with E-state index < -0.39 is 0 Å². The average Bonchev–Trinajstić information content (AvgIpc) is 3.06. The van der Waals surface area contributed by atoms with Crippen LogP contribution in [0.1, 0.15) is 5.56 Å². The van der Waals surface area contributed by atoms with Crippen molar-refractivity contribution in [2.45, 2.75) is 6.61 Å². The van der Waals surface area contributed by atoms with Crippen molar-refractivity contribution in [1.82, 2.24) is 9.97 Å². The maximum absolute atomic E-state index is 14.0. The molecule has 0 saturated carbocycles. The number of fused-ring (bicyclic) bond motifs is 1. The number of nitrogens with one attached hydrogen (secondary N) is 1. The maximum Gasteiger partial charge on any atom is 0.139 e. The van der Waals surface area contributed by atoms with Crippen molar-refractivity contribution in [3.8, 4) is 17.0 Å². The summed E-state index contributed by atoms with van der Waals surface area (Å²) in [5.74, 6) is 0.106. The summed E-state index contributed by atoms with van der Waals surface area (Å²) in [4.78, 5) is 7.41. The molecule has 0 amide bonds. The Morgan fingerprint density at radius 2 is 1.88 bits per heavy atom. The molecular formula is C20H14ClFN2O. The van der Waals surface area contributed by atoms with Crippen LogP contribution in [0.3, 0.4) is 0 Å². The van der Waals surface area contributed by atoms with Crippen molar-refractivity contribution in [2.75, 3.05) is 0 Å². The second kappa shape index (κ2) is 6.57. The Morgan fingerprint density at radius 3 is 2.68 bits per heavy atom. The van der Waals surface area contributed by atoms with Crippen molar-refractivity contribution in [1.29, 1.82) is 0 Å².